The van der Waals surface area contributed by atoms with Crippen LogP contribution in [0.4, 0.5) is 0 Å². The van der Waals surface area contributed by atoms with Gasteiger partial charge in [-0.1, -0.05) is 18.2 Å². The van der Waals surface area contributed by atoms with Crippen molar-refractivity contribution in [1.29, 1.82) is 5.26 Å². The molecule has 0 aliphatic heterocycles. The molecule has 0 fully saturated rings. The normalized spacial score (nSPS) is 20.3. The van der Waals surface area contributed by atoms with Crippen LogP contribution in [0.2, 0.25) is 0 Å². The van der Waals surface area contributed by atoms with E-state index in [4.69, 9.17) is 15.2 Å². The van der Waals surface area contributed by atoms with Crippen molar-refractivity contribution in [2.24, 2.45) is 5.73 Å². The van der Waals surface area contributed by atoms with Crippen molar-refractivity contribution in [3.63, 3.8) is 0 Å². The van der Waals surface area contributed by atoms with Crippen LogP contribution < -0.4 is 5.73 Å². The Morgan fingerprint density at radius 1 is 1.32 bits per heavy atom. The molecule has 5 heteroatoms. The zero-order valence-corrected chi connectivity index (χ0v) is 15.3. The molecule has 0 heterocycles. The van der Waals surface area contributed by atoms with Gasteiger partial charge in [-0.15, -0.1) is 0 Å². The Hall–Kier alpha value is -2.58. The third kappa shape index (κ3) is 3.18. The minimum atomic E-state index is -0.923. The van der Waals surface area contributed by atoms with E-state index in [-0.39, 0.29) is 0 Å². The number of carbonyl (C=O) groups excluding carboxylic acids is 1. The molecule has 1 amide bonds. The molecule has 1 aromatic carbocycles. The van der Waals surface area contributed by atoms with Gasteiger partial charge < -0.3 is 15.2 Å². The number of hydrogen-bond acceptors (Lipinski definition) is 4. The van der Waals surface area contributed by atoms with E-state index >= 15 is 0 Å². The third-order valence-corrected chi connectivity index (χ3v) is 4.80. The molecule has 0 aromatic heterocycles. The quantitative estimate of drug-likeness (QED) is 0.893. The number of primary amides is 1. The van der Waals surface area contributed by atoms with Crippen molar-refractivity contribution in [3.05, 3.63) is 58.4 Å². The summed E-state index contributed by atoms with van der Waals surface area (Å²) in [7, 11) is 3.15. The first-order chi connectivity index (χ1) is 11.7. The number of nitrogens with zero attached hydrogens (tertiary/aromatic N) is 1. The number of ether oxygens (including phenoxy) is 2. The molecule has 0 radical (unpaired) electrons. The van der Waals surface area contributed by atoms with E-state index in [1.807, 2.05) is 39.0 Å². The Balaban J connectivity index is 2.60. The smallest absolute Gasteiger partial charge is 0.244 e. The molecule has 0 spiro atoms. The minimum absolute atomic E-state index is 0.291. The van der Waals surface area contributed by atoms with Crippen LogP contribution in [-0.2, 0) is 25.3 Å². The standard InChI is InChI=1S/C20H24N2O3/c1-13-10-15(7-8-16(13)19(2,3)12-21)20(25-5)11-14(18(22)23)6-9-17(20)24-4/h6-10H,11H2,1-5H3,(H2,22,23). The Morgan fingerprint density at radius 2 is 2.00 bits per heavy atom. The summed E-state index contributed by atoms with van der Waals surface area (Å²) in [6.07, 6.45) is 3.67. The lowest BCUT2D eigenvalue weighted by Gasteiger charge is -2.37. The summed E-state index contributed by atoms with van der Waals surface area (Å²) in [5, 5.41) is 9.40. The predicted octanol–water partition coefficient (Wildman–Crippen LogP) is 2.98. The molecular weight excluding hydrogens is 316 g/mol. The van der Waals surface area contributed by atoms with Crippen molar-refractivity contribution in [1.82, 2.24) is 0 Å². The highest BCUT2D eigenvalue weighted by Crippen LogP contribution is 2.43. The fourth-order valence-electron chi connectivity index (χ4n) is 3.34. The van der Waals surface area contributed by atoms with Crippen LogP contribution in [-0.4, -0.2) is 20.1 Å². The van der Waals surface area contributed by atoms with Crippen molar-refractivity contribution < 1.29 is 14.3 Å². The molecule has 1 unspecified atom stereocenters. The number of nitriles is 1. The monoisotopic (exact) mass is 340 g/mol. The first-order valence-electron chi connectivity index (χ1n) is 8.05. The third-order valence-electron chi connectivity index (χ3n) is 4.80. The lowest BCUT2D eigenvalue weighted by atomic mass is 9.77. The average molecular weight is 340 g/mol. The van der Waals surface area contributed by atoms with Crippen LogP contribution in [0.3, 0.4) is 0 Å². The molecule has 5 nitrogen and oxygen atoms in total. The van der Waals surface area contributed by atoms with Crippen molar-refractivity contribution >= 4 is 5.91 Å². The molecule has 1 aliphatic rings. The molecule has 1 aliphatic carbocycles. The second kappa shape index (κ2) is 6.73. The summed E-state index contributed by atoms with van der Waals surface area (Å²) in [5.41, 5.74) is 7.21. The first kappa shape index (κ1) is 18.8. The van der Waals surface area contributed by atoms with Gasteiger partial charge >= 0.3 is 0 Å². The van der Waals surface area contributed by atoms with Crippen LogP contribution in [0.15, 0.2) is 41.7 Å². The minimum Gasteiger partial charge on any atom is -0.498 e. The number of allylic oxidation sites excluding steroid dienone is 2. The molecule has 0 bridgehead atoms. The number of benzene rings is 1. The molecule has 2 N–H and O–H groups in total. The number of carbonyl (C=O) groups is 1. The Morgan fingerprint density at radius 3 is 2.48 bits per heavy atom. The van der Waals surface area contributed by atoms with Gasteiger partial charge in [-0.25, -0.2) is 0 Å². The fourth-order valence-corrected chi connectivity index (χ4v) is 3.34. The highest BCUT2D eigenvalue weighted by Gasteiger charge is 2.42. The topological polar surface area (TPSA) is 85.3 Å². The Kier molecular flexibility index (Phi) is 5.05. The van der Waals surface area contributed by atoms with E-state index in [1.54, 1.807) is 26.4 Å². The van der Waals surface area contributed by atoms with Gasteiger partial charge in [0, 0.05) is 19.1 Å². The summed E-state index contributed by atoms with van der Waals surface area (Å²) in [5.74, 6) is 0.124. The number of amides is 1. The van der Waals surface area contributed by atoms with Crippen LogP contribution in [0, 0.1) is 18.3 Å². The summed E-state index contributed by atoms with van der Waals surface area (Å²) >= 11 is 0. The van der Waals surface area contributed by atoms with Gasteiger partial charge in [0.15, 0.2) is 5.60 Å². The van der Waals surface area contributed by atoms with E-state index in [0.717, 1.165) is 16.7 Å². The molecule has 0 saturated heterocycles. The Labute approximate surface area is 148 Å². The average Bonchev–Trinajstić information content (AvgIpc) is 2.60. The van der Waals surface area contributed by atoms with Crippen LogP contribution in [0.1, 0.15) is 37.0 Å². The van der Waals surface area contributed by atoms with Gasteiger partial charge in [-0.05, 0) is 49.6 Å². The van der Waals surface area contributed by atoms with E-state index in [9.17, 15) is 10.1 Å². The summed E-state index contributed by atoms with van der Waals surface area (Å²) in [6, 6.07) is 8.16. The van der Waals surface area contributed by atoms with E-state index in [2.05, 4.69) is 6.07 Å². The number of aryl methyl sites for hydroxylation is 1. The van der Waals surface area contributed by atoms with Gasteiger partial charge in [-0.3, -0.25) is 4.79 Å². The maximum Gasteiger partial charge on any atom is 0.244 e. The van der Waals surface area contributed by atoms with Crippen LogP contribution in [0.5, 0.6) is 0 Å². The zero-order valence-electron chi connectivity index (χ0n) is 15.3. The molecule has 1 aromatic rings. The van der Waals surface area contributed by atoms with Crippen LogP contribution >= 0.6 is 0 Å². The lowest BCUT2D eigenvalue weighted by molar-refractivity contribution is -0.115. The van der Waals surface area contributed by atoms with E-state index in [1.165, 1.54) is 0 Å². The maximum atomic E-state index is 11.7. The predicted molar refractivity (Wildman–Crippen MR) is 95.5 cm³/mol. The van der Waals surface area contributed by atoms with Gasteiger partial charge in [-0.2, -0.15) is 5.26 Å². The van der Waals surface area contributed by atoms with Crippen molar-refractivity contribution in [2.75, 3.05) is 14.2 Å². The van der Waals surface area contributed by atoms with Gasteiger partial charge in [0.2, 0.25) is 5.91 Å². The van der Waals surface area contributed by atoms with E-state index < -0.39 is 16.9 Å². The molecule has 2 rings (SSSR count). The fraction of sp³-hybridized carbons (Fsp3) is 0.400. The maximum absolute atomic E-state index is 11.7. The Bertz CT molecular complexity index is 800. The molecule has 0 saturated carbocycles. The number of methoxy groups -OCH3 is 2. The molecular formula is C20H24N2O3. The zero-order chi connectivity index (χ0) is 18.8. The SMILES string of the molecule is COC1=CC=C(C(N)=O)CC1(OC)c1ccc(C(C)(C)C#N)c(C)c1. The van der Waals surface area contributed by atoms with E-state index in [0.29, 0.717) is 17.8 Å². The molecule has 1 atom stereocenters. The van der Waals surface area contributed by atoms with Gasteiger partial charge in [0.25, 0.3) is 0 Å². The number of rotatable bonds is 5. The highest BCUT2D eigenvalue weighted by molar-refractivity contribution is 5.93. The largest absolute Gasteiger partial charge is 0.498 e. The molecule has 25 heavy (non-hydrogen) atoms. The van der Waals surface area contributed by atoms with Crippen molar-refractivity contribution in [2.45, 2.75) is 38.2 Å². The summed E-state index contributed by atoms with van der Waals surface area (Å²) in [6.45, 7) is 5.73. The highest BCUT2D eigenvalue weighted by atomic mass is 16.5. The second-order valence-corrected chi connectivity index (χ2v) is 6.77. The van der Waals surface area contributed by atoms with Crippen LogP contribution in [0.25, 0.3) is 0 Å². The number of nitrogens with two attached hydrogens (primary N) is 1. The summed E-state index contributed by atoms with van der Waals surface area (Å²) in [4.78, 5) is 11.7. The first-order valence-corrected chi connectivity index (χ1v) is 8.05. The summed E-state index contributed by atoms with van der Waals surface area (Å²) < 4.78 is 11.4. The van der Waals surface area contributed by atoms with Gasteiger partial charge in [0.05, 0.1) is 18.6 Å². The van der Waals surface area contributed by atoms with Gasteiger partial charge in [0.1, 0.15) is 5.76 Å². The number of hydrogen-bond donors (Lipinski definition) is 1. The lowest BCUT2D eigenvalue weighted by Crippen LogP contribution is -2.36. The second-order valence-electron chi connectivity index (χ2n) is 6.77. The molecule has 132 valence electrons. The van der Waals surface area contributed by atoms with Crippen molar-refractivity contribution in [3.8, 4) is 6.07 Å².